The third-order valence-corrected chi connectivity index (χ3v) is 3.54. The van der Waals surface area contributed by atoms with E-state index >= 15 is 0 Å². The zero-order valence-electron chi connectivity index (χ0n) is 13.2. The summed E-state index contributed by atoms with van der Waals surface area (Å²) in [7, 11) is -3.57. The Kier molecular flexibility index (Phi) is 5.05. The van der Waals surface area contributed by atoms with Crippen molar-refractivity contribution in [2.24, 2.45) is 0 Å². The molecule has 2 rings (SSSR count). The second-order valence-corrected chi connectivity index (χ2v) is 7.19. The van der Waals surface area contributed by atoms with Crippen LogP contribution in [0, 0.1) is 0 Å². The van der Waals surface area contributed by atoms with Crippen molar-refractivity contribution in [1.82, 2.24) is 4.72 Å². The van der Waals surface area contributed by atoms with E-state index < -0.39 is 15.9 Å². The first-order valence-electron chi connectivity index (χ1n) is 7.14. The summed E-state index contributed by atoms with van der Waals surface area (Å²) in [5.41, 5.74) is 2.08. The molecular formula is C17H19NO4S. The number of hydrogen-bond donors (Lipinski definition) is 1. The van der Waals surface area contributed by atoms with Crippen molar-refractivity contribution in [2.45, 2.75) is 20.0 Å². The Morgan fingerprint density at radius 3 is 2.22 bits per heavy atom. The number of carbonyl (C=O) groups excluding carboxylic acids is 1. The lowest BCUT2D eigenvalue weighted by molar-refractivity contribution is 0.0981. The van der Waals surface area contributed by atoms with Gasteiger partial charge in [-0.25, -0.2) is 13.1 Å². The van der Waals surface area contributed by atoms with Gasteiger partial charge in [-0.3, -0.25) is 4.79 Å². The van der Waals surface area contributed by atoms with E-state index in [4.69, 9.17) is 4.74 Å². The summed E-state index contributed by atoms with van der Waals surface area (Å²) in [6.45, 7) is 3.91. The predicted octanol–water partition coefficient (Wildman–Crippen LogP) is 2.83. The molecule has 0 heterocycles. The van der Waals surface area contributed by atoms with Gasteiger partial charge in [-0.2, -0.15) is 0 Å². The number of rotatable bonds is 5. The maximum absolute atomic E-state index is 11.8. The Morgan fingerprint density at radius 2 is 1.65 bits per heavy atom. The van der Waals surface area contributed by atoms with Crippen LogP contribution in [0.2, 0.25) is 0 Å². The molecule has 0 aliphatic carbocycles. The lowest BCUT2D eigenvalue weighted by atomic mass is 10.0. The van der Waals surface area contributed by atoms with Crippen LogP contribution in [-0.4, -0.2) is 26.7 Å². The molecule has 0 aliphatic heterocycles. The summed E-state index contributed by atoms with van der Waals surface area (Å²) in [5.74, 6) is 0.113. The molecule has 0 bridgehead atoms. The summed E-state index contributed by atoms with van der Waals surface area (Å²) in [5, 5.41) is 0. The number of nitrogens with one attached hydrogen (secondary N) is 1. The molecule has 0 radical (unpaired) electrons. The van der Waals surface area contributed by atoms with Gasteiger partial charge >= 0.3 is 0 Å². The lowest BCUT2D eigenvalue weighted by Gasteiger charge is -2.14. The van der Waals surface area contributed by atoms with Gasteiger partial charge < -0.3 is 4.74 Å². The summed E-state index contributed by atoms with van der Waals surface area (Å²) in [4.78, 5) is 11.8. The summed E-state index contributed by atoms with van der Waals surface area (Å²) in [6.07, 6.45) is 0.995. The molecule has 0 unspecified atom stereocenters. The highest BCUT2D eigenvalue weighted by atomic mass is 32.2. The zero-order valence-corrected chi connectivity index (χ0v) is 14.1. The van der Waals surface area contributed by atoms with Crippen molar-refractivity contribution in [3.63, 3.8) is 0 Å². The molecule has 0 aromatic heterocycles. The third-order valence-electron chi connectivity index (χ3n) is 2.99. The number of sulfonamides is 1. The minimum Gasteiger partial charge on any atom is -0.490 e. The molecule has 0 fully saturated rings. The molecule has 0 saturated heterocycles. The molecule has 0 aliphatic rings. The zero-order chi connectivity index (χ0) is 17.0. The van der Waals surface area contributed by atoms with Crippen LogP contribution < -0.4 is 9.46 Å². The SMILES string of the molecule is CC(C)Oc1ccccc1-c1ccc(C(=O)NS(C)(=O)=O)cc1. The van der Waals surface area contributed by atoms with E-state index in [1.165, 1.54) is 0 Å². The Morgan fingerprint density at radius 1 is 1.04 bits per heavy atom. The summed E-state index contributed by atoms with van der Waals surface area (Å²) >= 11 is 0. The Bertz CT molecular complexity index is 796. The molecule has 1 amide bonds. The van der Waals surface area contributed by atoms with Crippen molar-refractivity contribution in [1.29, 1.82) is 0 Å². The van der Waals surface area contributed by atoms with Gasteiger partial charge in [0.25, 0.3) is 5.91 Å². The second-order valence-electron chi connectivity index (χ2n) is 5.44. The number of hydrogen-bond acceptors (Lipinski definition) is 4. The highest BCUT2D eigenvalue weighted by molar-refractivity contribution is 7.89. The monoisotopic (exact) mass is 333 g/mol. The van der Waals surface area contributed by atoms with Crippen LogP contribution in [0.1, 0.15) is 24.2 Å². The van der Waals surface area contributed by atoms with E-state index in [2.05, 4.69) is 0 Å². The van der Waals surface area contributed by atoms with Gasteiger partial charge in [0.05, 0.1) is 12.4 Å². The maximum atomic E-state index is 11.8. The van der Waals surface area contributed by atoms with E-state index in [0.29, 0.717) is 0 Å². The van der Waals surface area contributed by atoms with Gasteiger partial charge in [0.15, 0.2) is 0 Å². The average molecular weight is 333 g/mol. The lowest BCUT2D eigenvalue weighted by Crippen LogP contribution is -2.29. The van der Waals surface area contributed by atoms with Gasteiger partial charge in [0, 0.05) is 11.1 Å². The number of para-hydroxylation sites is 1. The van der Waals surface area contributed by atoms with Gasteiger partial charge in [0.2, 0.25) is 10.0 Å². The molecule has 0 saturated carbocycles. The van der Waals surface area contributed by atoms with Crippen LogP contribution in [0.3, 0.4) is 0 Å². The number of amides is 1. The molecule has 6 heteroatoms. The first-order chi connectivity index (χ1) is 10.8. The van der Waals surface area contributed by atoms with Gasteiger partial charge in [-0.15, -0.1) is 0 Å². The topological polar surface area (TPSA) is 72.5 Å². The largest absolute Gasteiger partial charge is 0.490 e. The van der Waals surface area contributed by atoms with Crippen LogP contribution in [0.5, 0.6) is 5.75 Å². The van der Waals surface area contributed by atoms with E-state index in [9.17, 15) is 13.2 Å². The minimum atomic E-state index is -3.57. The standard InChI is InChI=1S/C17H19NO4S/c1-12(2)22-16-7-5-4-6-15(16)13-8-10-14(11-9-13)17(19)18-23(3,20)21/h4-12H,1-3H3,(H,18,19). The van der Waals surface area contributed by atoms with Crippen molar-refractivity contribution < 1.29 is 17.9 Å². The van der Waals surface area contributed by atoms with E-state index in [-0.39, 0.29) is 11.7 Å². The maximum Gasteiger partial charge on any atom is 0.264 e. The highest BCUT2D eigenvalue weighted by Gasteiger charge is 2.12. The molecule has 2 aromatic carbocycles. The molecule has 1 N–H and O–H groups in total. The van der Waals surface area contributed by atoms with Crippen LogP contribution in [0.15, 0.2) is 48.5 Å². The van der Waals surface area contributed by atoms with Crippen molar-refractivity contribution >= 4 is 15.9 Å². The fourth-order valence-electron chi connectivity index (χ4n) is 2.09. The summed E-state index contributed by atoms with van der Waals surface area (Å²) < 4.78 is 29.9. The van der Waals surface area contributed by atoms with E-state index in [0.717, 1.165) is 23.1 Å². The smallest absolute Gasteiger partial charge is 0.264 e. The van der Waals surface area contributed by atoms with E-state index in [1.807, 2.05) is 42.8 Å². The Labute approximate surface area is 136 Å². The van der Waals surface area contributed by atoms with Crippen molar-refractivity contribution in [3.8, 4) is 16.9 Å². The first-order valence-corrected chi connectivity index (χ1v) is 9.03. The number of benzene rings is 2. The van der Waals surface area contributed by atoms with Crippen LogP contribution in [-0.2, 0) is 10.0 Å². The molecule has 122 valence electrons. The normalized spacial score (nSPS) is 11.3. The fourth-order valence-corrected chi connectivity index (χ4v) is 2.54. The van der Waals surface area contributed by atoms with Crippen LogP contribution in [0.4, 0.5) is 0 Å². The molecular weight excluding hydrogens is 314 g/mol. The first kappa shape index (κ1) is 17.0. The summed E-state index contributed by atoms with van der Waals surface area (Å²) in [6, 6.07) is 14.3. The number of ether oxygens (including phenoxy) is 1. The average Bonchev–Trinajstić information content (AvgIpc) is 2.45. The molecule has 0 atom stereocenters. The molecule has 2 aromatic rings. The van der Waals surface area contributed by atoms with Gasteiger partial charge in [-0.05, 0) is 37.6 Å². The predicted molar refractivity (Wildman–Crippen MR) is 90.0 cm³/mol. The fraction of sp³-hybridized carbons (Fsp3) is 0.235. The van der Waals surface area contributed by atoms with Gasteiger partial charge in [0.1, 0.15) is 5.75 Å². The Balaban J connectivity index is 2.28. The quantitative estimate of drug-likeness (QED) is 0.913. The van der Waals surface area contributed by atoms with Crippen molar-refractivity contribution in [2.75, 3.05) is 6.26 Å². The second kappa shape index (κ2) is 6.83. The highest BCUT2D eigenvalue weighted by Crippen LogP contribution is 2.30. The van der Waals surface area contributed by atoms with Crippen LogP contribution in [0.25, 0.3) is 11.1 Å². The third kappa shape index (κ3) is 4.82. The molecule has 0 spiro atoms. The minimum absolute atomic E-state index is 0.0518. The number of carbonyl (C=O) groups is 1. The van der Waals surface area contributed by atoms with E-state index in [1.54, 1.807) is 24.3 Å². The van der Waals surface area contributed by atoms with Crippen molar-refractivity contribution in [3.05, 3.63) is 54.1 Å². The molecule has 23 heavy (non-hydrogen) atoms. The molecule has 5 nitrogen and oxygen atoms in total. The van der Waals surface area contributed by atoms with Gasteiger partial charge in [-0.1, -0.05) is 30.3 Å². The Hall–Kier alpha value is -2.34. The van der Waals surface area contributed by atoms with Crippen LogP contribution >= 0.6 is 0 Å².